The third kappa shape index (κ3) is 2.81. The van der Waals surface area contributed by atoms with Gasteiger partial charge in [0.05, 0.1) is 26.5 Å². The zero-order chi connectivity index (χ0) is 19.8. The minimum Gasteiger partial charge on any atom is -0.493 e. The van der Waals surface area contributed by atoms with Gasteiger partial charge in [0.2, 0.25) is 0 Å². The van der Waals surface area contributed by atoms with Crippen molar-refractivity contribution >= 4 is 30.6 Å². The van der Waals surface area contributed by atoms with Crippen LogP contribution in [0.25, 0.3) is 21.7 Å². The lowest BCUT2D eigenvalue weighted by Gasteiger charge is -2.26. The van der Waals surface area contributed by atoms with Crippen molar-refractivity contribution < 1.29 is 19.0 Å². The van der Waals surface area contributed by atoms with Crippen molar-refractivity contribution in [1.29, 1.82) is 0 Å². The average Bonchev–Trinajstić information content (AvgIpc) is 3.35. The number of aromatic nitrogens is 1. The van der Waals surface area contributed by atoms with Crippen molar-refractivity contribution in [2.45, 2.75) is 19.9 Å². The second-order valence-corrected chi connectivity index (χ2v) is 7.39. The fourth-order valence-corrected chi connectivity index (χ4v) is 4.57. The third-order valence-corrected chi connectivity index (χ3v) is 5.93. The highest BCUT2D eigenvalue weighted by Crippen LogP contribution is 2.44. The molecule has 2 aromatic heterocycles. The van der Waals surface area contributed by atoms with Gasteiger partial charge in [0, 0.05) is 22.5 Å². The zero-order valence-corrected chi connectivity index (χ0v) is 16.9. The minimum absolute atomic E-state index is 0.316. The molecule has 1 aromatic carbocycles. The number of benzene rings is 1. The molecule has 2 radical (unpaired) electrons. The topological polar surface area (TPSA) is 49.7 Å². The summed E-state index contributed by atoms with van der Waals surface area (Å²) in [6.45, 7) is 2.79. The lowest BCUT2D eigenvalue weighted by molar-refractivity contribution is 0.0514. The van der Waals surface area contributed by atoms with Crippen LogP contribution in [-0.2, 0) is 17.7 Å². The van der Waals surface area contributed by atoms with Crippen LogP contribution < -0.4 is 14.9 Å². The number of nitrogens with zero attached hydrogens (tertiary/aromatic N) is 1. The maximum absolute atomic E-state index is 12.6. The number of rotatable bonds is 5. The molecule has 0 N–H and O–H groups in total. The van der Waals surface area contributed by atoms with E-state index in [-0.39, 0.29) is 5.97 Å². The van der Waals surface area contributed by atoms with Crippen molar-refractivity contribution in [3.8, 4) is 33.2 Å². The van der Waals surface area contributed by atoms with Crippen LogP contribution in [0.3, 0.4) is 0 Å². The van der Waals surface area contributed by atoms with Crippen LogP contribution in [0.15, 0.2) is 29.6 Å². The summed E-state index contributed by atoms with van der Waals surface area (Å²) < 4.78 is 18.3. The first-order valence-corrected chi connectivity index (χ1v) is 9.96. The predicted octanol–water partition coefficient (Wildman–Crippen LogP) is 3.43. The van der Waals surface area contributed by atoms with Gasteiger partial charge in [-0.05, 0) is 47.9 Å². The molecule has 7 heteroatoms. The normalized spacial score (nSPS) is 12.2. The predicted molar refractivity (Wildman–Crippen MR) is 111 cm³/mol. The Labute approximate surface area is 169 Å². The fraction of sp³-hybridized carbons (Fsp3) is 0.286. The summed E-state index contributed by atoms with van der Waals surface area (Å²) in [4.78, 5) is 13.7. The molecule has 1 aliphatic rings. The van der Waals surface area contributed by atoms with E-state index >= 15 is 0 Å². The van der Waals surface area contributed by atoms with Crippen molar-refractivity contribution in [2.75, 3.05) is 20.8 Å². The number of esters is 1. The summed E-state index contributed by atoms with van der Waals surface area (Å²) in [5.74, 6) is 0.802. The van der Waals surface area contributed by atoms with Gasteiger partial charge in [-0.15, -0.1) is 11.3 Å². The molecule has 0 spiro atoms. The van der Waals surface area contributed by atoms with Crippen LogP contribution in [0, 0.1) is 0 Å². The van der Waals surface area contributed by atoms with Crippen LogP contribution in [0.2, 0.25) is 0 Å². The SMILES string of the molecule is [B]c1c2c(cc(OC)c1OC)-c1c(-c3cccs3)cc(C(=O)OCC)n1CC2. The molecule has 0 aliphatic carbocycles. The van der Waals surface area contributed by atoms with Crippen molar-refractivity contribution in [3.05, 3.63) is 40.9 Å². The standard InChI is InChI=1S/C21H20BNO4S/c1-4-27-21(24)15-10-14(17-6-5-9-28-17)19-13-11-16(25-2)20(26-3)18(22)12(13)7-8-23(15)19/h5-6,9-11H,4,7-8H2,1-3H3. The molecule has 0 unspecified atom stereocenters. The molecule has 3 heterocycles. The molecule has 3 aromatic rings. The van der Waals surface area contributed by atoms with Crippen molar-refractivity contribution in [2.24, 2.45) is 0 Å². The Bertz CT molecular complexity index is 1040. The molecule has 0 amide bonds. The van der Waals surface area contributed by atoms with Gasteiger partial charge in [-0.25, -0.2) is 4.79 Å². The van der Waals surface area contributed by atoms with E-state index in [0.29, 0.717) is 42.2 Å². The summed E-state index contributed by atoms with van der Waals surface area (Å²) in [6.07, 6.45) is 0.694. The molecule has 0 saturated carbocycles. The maximum atomic E-state index is 12.6. The van der Waals surface area contributed by atoms with Crippen molar-refractivity contribution in [3.63, 3.8) is 0 Å². The van der Waals surface area contributed by atoms with Gasteiger partial charge in [0.25, 0.3) is 0 Å². The number of hydrogen-bond donors (Lipinski definition) is 0. The summed E-state index contributed by atoms with van der Waals surface area (Å²) in [7, 11) is 9.61. The summed E-state index contributed by atoms with van der Waals surface area (Å²) in [5, 5.41) is 2.02. The van der Waals surface area contributed by atoms with E-state index in [0.717, 1.165) is 27.3 Å². The number of fused-ring (bicyclic) bond motifs is 3. The molecular formula is C21H20BNO4S. The second-order valence-electron chi connectivity index (χ2n) is 6.44. The number of ether oxygens (including phenoxy) is 3. The van der Waals surface area contributed by atoms with Gasteiger partial charge in [-0.2, -0.15) is 0 Å². The fourth-order valence-electron chi connectivity index (χ4n) is 3.83. The van der Waals surface area contributed by atoms with Gasteiger partial charge in [-0.1, -0.05) is 6.07 Å². The second kappa shape index (κ2) is 7.39. The van der Waals surface area contributed by atoms with Crippen LogP contribution >= 0.6 is 11.3 Å². The smallest absolute Gasteiger partial charge is 0.354 e. The molecule has 0 saturated heterocycles. The summed E-state index contributed by atoms with van der Waals surface area (Å²) in [5.41, 5.74) is 5.06. The zero-order valence-electron chi connectivity index (χ0n) is 16.1. The Hall–Kier alpha value is -2.67. The lowest BCUT2D eigenvalue weighted by atomic mass is 9.82. The van der Waals surface area contributed by atoms with E-state index < -0.39 is 0 Å². The Balaban J connectivity index is 2.01. The molecule has 142 valence electrons. The molecule has 1 aliphatic heterocycles. The third-order valence-electron chi connectivity index (χ3n) is 5.03. The molecular weight excluding hydrogens is 373 g/mol. The minimum atomic E-state index is -0.316. The van der Waals surface area contributed by atoms with E-state index in [1.165, 1.54) is 0 Å². The molecule has 5 nitrogen and oxygen atoms in total. The van der Waals surface area contributed by atoms with Gasteiger partial charge < -0.3 is 18.8 Å². The highest BCUT2D eigenvalue weighted by Gasteiger charge is 2.30. The first-order valence-electron chi connectivity index (χ1n) is 9.08. The highest BCUT2D eigenvalue weighted by molar-refractivity contribution is 7.13. The first-order chi connectivity index (χ1) is 13.6. The largest absolute Gasteiger partial charge is 0.493 e. The van der Waals surface area contributed by atoms with E-state index in [1.54, 1.807) is 25.6 Å². The number of carbonyl (C=O) groups is 1. The monoisotopic (exact) mass is 393 g/mol. The molecule has 0 fully saturated rings. The van der Waals surface area contributed by atoms with Gasteiger partial charge in [0.15, 0.2) is 11.5 Å². The molecule has 28 heavy (non-hydrogen) atoms. The van der Waals surface area contributed by atoms with Gasteiger partial charge in [-0.3, -0.25) is 0 Å². The Morgan fingerprint density at radius 2 is 2.07 bits per heavy atom. The van der Waals surface area contributed by atoms with Crippen molar-refractivity contribution in [1.82, 2.24) is 4.57 Å². The molecule has 0 atom stereocenters. The van der Waals surface area contributed by atoms with Gasteiger partial charge in [0.1, 0.15) is 13.5 Å². The van der Waals surface area contributed by atoms with Crippen LogP contribution in [0.5, 0.6) is 11.5 Å². The van der Waals surface area contributed by atoms with Crippen LogP contribution in [-0.4, -0.2) is 39.2 Å². The quantitative estimate of drug-likeness (QED) is 0.492. The van der Waals surface area contributed by atoms with Gasteiger partial charge >= 0.3 is 5.97 Å². The van der Waals surface area contributed by atoms with E-state index in [4.69, 9.17) is 22.1 Å². The Kier molecular flexibility index (Phi) is 4.93. The van der Waals surface area contributed by atoms with E-state index in [2.05, 4.69) is 0 Å². The number of carbonyl (C=O) groups excluding carboxylic acids is 1. The number of thiophene rings is 1. The Morgan fingerprint density at radius 1 is 1.25 bits per heavy atom. The first kappa shape index (κ1) is 18.7. The van der Waals surface area contributed by atoms with Crippen LogP contribution in [0.4, 0.5) is 0 Å². The Morgan fingerprint density at radius 3 is 2.71 bits per heavy atom. The summed E-state index contributed by atoms with van der Waals surface area (Å²) in [6, 6.07) is 7.91. The molecule has 0 bridgehead atoms. The van der Waals surface area contributed by atoms with E-state index in [1.807, 2.05) is 41.1 Å². The number of methoxy groups -OCH3 is 2. The lowest BCUT2D eigenvalue weighted by Crippen LogP contribution is -2.24. The average molecular weight is 393 g/mol. The highest BCUT2D eigenvalue weighted by atomic mass is 32.1. The van der Waals surface area contributed by atoms with E-state index in [9.17, 15) is 4.79 Å². The number of hydrogen-bond acceptors (Lipinski definition) is 5. The summed E-state index contributed by atoms with van der Waals surface area (Å²) >= 11 is 1.63. The molecule has 4 rings (SSSR count). The maximum Gasteiger partial charge on any atom is 0.354 e. The van der Waals surface area contributed by atoms with Crippen LogP contribution in [0.1, 0.15) is 23.0 Å².